The minimum absolute atomic E-state index is 0.415. The Hall–Kier alpha value is -2.43. The molecule has 1 aliphatic rings. The summed E-state index contributed by atoms with van der Waals surface area (Å²) in [6.45, 7) is 6.05. The third-order valence-corrected chi connectivity index (χ3v) is 4.65. The highest BCUT2D eigenvalue weighted by atomic mass is 15.3. The highest BCUT2D eigenvalue weighted by molar-refractivity contribution is 5.78. The van der Waals surface area contributed by atoms with Gasteiger partial charge in [0.05, 0.1) is 16.7 Å². The summed E-state index contributed by atoms with van der Waals surface area (Å²) in [5, 5.41) is 8.52. The standard InChI is InChI=1S/C18H21N5/c1-12-5-3-7-15-17(12)20-18(19-15)14-6-4-10-23(11-14)16-9-8-13(2)21-22-16/h3,5,7-9,14H,4,6,10-11H2,1-2H3,(H,19,20)/t14-/m1/s1. The first kappa shape index (κ1) is 14.2. The van der Waals surface area contributed by atoms with Crippen LogP contribution in [0.1, 0.15) is 35.8 Å². The van der Waals surface area contributed by atoms with E-state index in [1.807, 2.05) is 13.0 Å². The van der Waals surface area contributed by atoms with Gasteiger partial charge in [-0.15, -0.1) is 5.10 Å². The largest absolute Gasteiger partial charge is 0.354 e. The molecule has 118 valence electrons. The number of benzene rings is 1. The lowest BCUT2D eigenvalue weighted by molar-refractivity contribution is 0.491. The lowest BCUT2D eigenvalue weighted by atomic mass is 9.97. The second kappa shape index (κ2) is 5.65. The van der Waals surface area contributed by atoms with Crippen molar-refractivity contribution in [1.82, 2.24) is 20.2 Å². The Kier molecular flexibility index (Phi) is 3.48. The van der Waals surface area contributed by atoms with Crippen LogP contribution in [0.2, 0.25) is 0 Å². The van der Waals surface area contributed by atoms with Gasteiger partial charge in [-0.1, -0.05) is 12.1 Å². The Morgan fingerprint density at radius 3 is 2.83 bits per heavy atom. The van der Waals surface area contributed by atoms with E-state index in [0.717, 1.165) is 54.3 Å². The second-order valence-electron chi connectivity index (χ2n) is 6.41. The zero-order valence-electron chi connectivity index (χ0n) is 13.6. The van der Waals surface area contributed by atoms with Crippen molar-refractivity contribution in [1.29, 1.82) is 0 Å². The van der Waals surface area contributed by atoms with Crippen LogP contribution in [-0.4, -0.2) is 33.3 Å². The molecule has 1 saturated heterocycles. The Bertz CT molecular complexity index is 821. The van der Waals surface area contributed by atoms with Gasteiger partial charge in [0.1, 0.15) is 5.82 Å². The number of fused-ring (bicyclic) bond motifs is 1. The van der Waals surface area contributed by atoms with Crippen LogP contribution in [-0.2, 0) is 0 Å². The molecule has 0 saturated carbocycles. The number of para-hydroxylation sites is 1. The van der Waals surface area contributed by atoms with Crippen LogP contribution in [0.15, 0.2) is 30.3 Å². The number of nitrogens with zero attached hydrogens (tertiary/aromatic N) is 4. The van der Waals surface area contributed by atoms with Crippen molar-refractivity contribution in [2.45, 2.75) is 32.6 Å². The Morgan fingerprint density at radius 2 is 2.04 bits per heavy atom. The van der Waals surface area contributed by atoms with Crippen LogP contribution in [0.5, 0.6) is 0 Å². The minimum Gasteiger partial charge on any atom is -0.354 e. The van der Waals surface area contributed by atoms with Crippen molar-refractivity contribution < 1.29 is 0 Å². The monoisotopic (exact) mass is 307 g/mol. The van der Waals surface area contributed by atoms with Crippen LogP contribution in [0.25, 0.3) is 11.0 Å². The van der Waals surface area contributed by atoms with Gasteiger partial charge in [-0.3, -0.25) is 0 Å². The molecule has 1 N–H and O–H groups in total. The van der Waals surface area contributed by atoms with Crippen molar-refractivity contribution >= 4 is 16.9 Å². The lowest BCUT2D eigenvalue weighted by Gasteiger charge is -2.32. The zero-order valence-corrected chi connectivity index (χ0v) is 13.6. The number of nitrogens with one attached hydrogen (secondary N) is 1. The van der Waals surface area contributed by atoms with Gasteiger partial charge >= 0.3 is 0 Å². The molecule has 1 atom stereocenters. The van der Waals surface area contributed by atoms with Crippen LogP contribution in [0.3, 0.4) is 0 Å². The normalized spacial score (nSPS) is 18.5. The molecule has 0 amide bonds. The van der Waals surface area contributed by atoms with Gasteiger partial charge in [-0.25, -0.2) is 4.98 Å². The van der Waals surface area contributed by atoms with E-state index >= 15 is 0 Å². The molecule has 0 bridgehead atoms. The molecule has 0 unspecified atom stereocenters. The van der Waals surface area contributed by atoms with E-state index in [2.05, 4.69) is 51.3 Å². The topological polar surface area (TPSA) is 57.7 Å². The van der Waals surface area contributed by atoms with Gasteiger partial charge in [0, 0.05) is 19.0 Å². The molecule has 5 heteroatoms. The Morgan fingerprint density at radius 1 is 1.13 bits per heavy atom. The third kappa shape index (κ3) is 2.67. The summed E-state index contributed by atoms with van der Waals surface area (Å²) in [7, 11) is 0. The molecule has 0 aliphatic carbocycles. The minimum atomic E-state index is 0.415. The molecule has 1 fully saturated rings. The fourth-order valence-corrected chi connectivity index (χ4v) is 3.36. The van der Waals surface area contributed by atoms with Gasteiger partial charge in [-0.05, 0) is 50.5 Å². The van der Waals surface area contributed by atoms with Crippen LogP contribution >= 0.6 is 0 Å². The third-order valence-electron chi connectivity index (χ3n) is 4.65. The van der Waals surface area contributed by atoms with E-state index in [1.165, 1.54) is 5.56 Å². The predicted octanol–water partition coefficient (Wildman–Crippen LogP) is 3.35. The van der Waals surface area contributed by atoms with E-state index in [0.29, 0.717) is 5.92 Å². The van der Waals surface area contributed by atoms with E-state index in [4.69, 9.17) is 4.98 Å². The number of aromatic amines is 1. The van der Waals surface area contributed by atoms with Gasteiger partial charge < -0.3 is 9.88 Å². The summed E-state index contributed by atoms with van der Waals surface area (Å²) in [4.78, 5) is 10.7. The number of imidazole rings is 1. The Balaban J connectivity index is 1.61. The molecule has 1 aliphatic heterocycles. The molecule has 4 rings (SSSR count). The molecular formula is C18H21N5. The summed E-state index contributed by atoms with van der Waals surface area (Å²) >= 11 is 0. The fourth-order valence-electron chi connectivity index (χ4n) is 3.36. The lowest BCUT2D eigenvalue weighted by Crippen LogP contribution is -2.35. The van der Waals surface area contributed by atoms with Gasteiger partial charge in [-0.2, -0.15) is 5.10 Å². The number of hydrogen-bond donors (Lipinski definition) is 1. The number of aryl methyl sites for hydroxylation is 2. The number of piperidine rings is 1. The average Bonchev–Trinajstić information content (AvgIpc) is 3.01. The summed E-state index contributed by atoms with van der Waals surface area (Å²) < 4.78 is 0. The van der Waals surface area contributed by atoms with E-state index in [9.17, 15) is 0 Å². The van der Waals surface area contributed by atoms with E-state index in [-0.39, 0.29) is 0 Å². The van der Waals surface area contributed by atoms with Crippen molar-refractivity contribution in [3.63, 3.8) is 0 Å². The molecule has 0 spiro atoms. The molecule has 3 heterocycles. The molecule has 1 aromatic carbocycles. The maximum atomic E-state index is 4.86. The van der Waals surface area contributed by atoms with Gasteiger partial charge in [0.25, 0.3) is 0 Å². The fraction of sp³-hybridized carbons (Fsp3) is 0.389. The molecule has 2 aromatic heterocycles. The zero-order chi connectivity index (χ0) is 15.8. The van der Waals surface area contributed by atoms with Crippen LogP contribution in [0.4, 0.5) is 5.82 Å². The first-order chi connectivity index (χ1) is 11.2. The van der Waals surface area contributed by atoms with Crippen molar-refractivity contribution in [2.24, 2.45) is 0 Å². The highest BCUT2D eigenvalue weighted by Crippen LogP contribution is 2.29. The summed E-state index contributed by atoms with van der Waals surface area (Å²) in [6, 6.07) is 10.4. The highest BCUT2D eigenvalue weighted by Gasteiger charge is 2.25. The van der Waals surface area contributed by atoms with Gasteiger partial charge in [0.2, 0.25) is 0 Å². The van der Waals surface area contributed by atoms with E-state index < -0.39 is 0 Å². The molecule has 0 radical (unpaired) electrons. The second-order valence-corrected chi connectivity index (χ2v) is 6.41. The predicted molar refractivity (Wildman–Crippen MR) is 91.8 cm³/mol. The average molecular weight is 307 g/mol. The smallest absolute Gasteiger partial charge is 0.151 e. The summed E-state index contributed by atoms with van der Waals surface area (Å²) in [5.74, 6) is 2.48. The van der Waals surface area contributed by atoms with Crippen LogP contribution in [0, 0.1) is 13.8 Å². The molecule has 5 nitrogen and oxygen atoms in total. The molecule has 23 heavy (non-hydrogen) atoms. The maximum absolute atomic E-state index is 4.86. The van der Waals surface area contributed by atoms with E-state index in [1.54, 1.807) is 0 Å². The number of rotatable bonds is 2. The number of anilines is 1. The van der Waals surface area contributed by atoms with Crippen molar-refractivity contribution in [3.8, 4) is 0 Å². The van der Waals surface area contributed by atoms with Crippen molar-refractivity contribution in [3.05, 3.63) is 47.4 Å². The quantitative estimate of drug-likeness (QED) is 0.789. The van der Waals surface area contributed by atoms with Gasteiger partial charge in [0.15, 0.2) is 5.82 Å². The SMILES string of the molecule is Cc1ccc(N2CCC[C@@H](c3nc4c(C)cccc4[nH]3)C2)nn1. The Labute approximate surface area is 135 Å². The maximum Gasteiger partial charge on any atom is 0.151 e. The number of aromatic nitrogens is 4. The summed E-state index contributed by atoms with van der Waals surface area (Å²) in [6.07, 6.45) is 2.31. The molecular weight excluding hydrogens is 286 g/mol. The number of H-pyrrole nitrogens is 1. The van der Waals surface area contributed by atoms with Crippen LogP contribution < -0.4 is 4.90 Å². The number of hydrogen-bond acceptors (Lipinski definition) is 4. The molecule has 3 aromatic rings. The summed E-state index contributed by atoms with van der Waals surface area (Å²) in [5.41, 5.74) is 4.40. The first-order valence-electron chi connectivity index (χ1n) is 8.21. The van der Waals surface area contributed by atoms with Crippen molar-refractivity contribution in [2.75, 3.05) is 18.0 Å². The first-order valence-corrected chi connectivity index (χ1v) is 8.21.